The third-order valence-corrected chi connectivity index (χ3v) is 3.14. The highest BCUT2D eigenvalue weighted by Crippen LogP contribution is 2.29. The summed E-state index contributed by atoms with van der Waals surface area (Å²) in [4.78, 5) is 14.0. The Morgan fingerprint density at radius 1 is 1.40 bits per heavy atom. The van der Waals surface area contributed by atoms with Crippen LogP contribution in [0, 0.1) is 0 Å². The molecule has 2 heterocycles. The van der Waals surface area contributed by atoms with Crippen LogP contribution in [0.25, 0.3) is 0 Å². The van der Waals surface area contributed by atoms with Gasteiger partial charge in [0.25, 0.3) is 5.91 Å². The van der Waals surface area contributed by atoms with Crippen molar-refractivity contribution in [2.45, 2.75) is 51.5 Å². The summed E-state index contributed by atoms with van der Waals surface area (Å²) in [5.41, 5.74) is -0.206. The lowest BCUT2D eigenvalue weighted by Gasteiger charge is -2.33. The van der Waals surface area contributed by atoms with Crippen molar-refractivity contribution < 1.29 is 14.3 Å². The van der Waals surface area contributed by atoms with Crippen molar-refractivity contribution in [3.63, 3.8) is 0 Å². The molecule has 0 bridgehead atoms. The molecule has 0 spiro atoms. The van der Waals surface area contributed by atoms with Gasteiger partial charge in [-0.3, -0.25) is 4.79 Å². The Morgan fingerprint density at radius 3 is 2.60 bits per heavy atom. The highest BCUT2D eigenvalue weighted by Gasteiger charge is 2.44. The number of carbonyl (C=O) groups excluding carboxylic acids is 1. The first kappa shape index (κ1) is 10.9. The quantitative estimate of drug-likeness (QED) is 0.656. The molecule has 2 fully saturated rings. The maximum atomic E-state index is 12.2. The average molecular weight is 213 g/mol. The second-order valence-corrected chi connectivity index (χ2v) is 4.93. The topological polar surface area (TPSA) is 38.8 Å². The van der Waals surface area contributed by atoms with Crippen LogP contribution in [0.1, 0.15) is 33.6 Å². The zero-order valence-corrected chi connectivity index (χ0v) is 9.66. The van der Waals surface area contributed by atoms with Gasteiger partial charge in [0.05, 0.1) is 12.1 Å². The van der Waals surface area contributed by atoms with Gasteiger partial charge in [-0.25, -0.2) is 0 Å². The minimum Gasteiger partial charge on any atom is -0.368 e. The maximum Gasteiger partial charge on any atom is 0.254 e. The molecule has 0 saturated carbocycles. The minimum absolute atomic E-state index is 0.0856. The third-order valence-electron chi connectivity index (χ3n) is 3.14. The Balaban J connectivity index is 2.10. The standard InChI is InChI=1S/C11H19NO3/c1-8-12(11(2,3)7-15-8)10(13)9-5-4-6-14-9/h8-9H,4-7H2,1-3H3. The second kappa shape index (κ2) is 3.76. The lowest BCUT2D eigenvalue weighted by atomic mass is 10.0. The van der Waals surface area contributed by atoms with Gasteiger partial charge in [0, 0.05) is 6.61 Å². The molecule has 2 unspecified atom stereocenters. The summed E-state index contributed by atoms with van der Waals surface area (Å²) in [6, 6.07) is 0. The summed E-state index contributed by atoms with van der Waals surface area (Å²) in [6.45, 7) is 7.29. The molecule has 2 rings (SSSR count). The minimum atomic E-state index is -0.242. The van der Waals surface area contributed by atoms with E-state index in [-0.39, 0.29) is 23.8 Å². The molecule has 1 amide bonds. The molecule has 15 heavy (non-hydrogen) atoms. The zero-order chi connectivity index (χ0) is 11.1. The van der Waals surface area contributed by atoms with Crippen LogP contribution in [0.15, 0.2) is 0 Å². The second-order valence-electron chi connectivity index (χ2n) is 4.93. The first-order valence-corrected chi connectivity index (χ1v) is 5.59. The number of hydrogen-bond acceptors (Lipinski definition) is 3. The highest BCUT2D eigenvalue weighted by molar-refractivity contribution is 5.82. The number of hydrogen-bond donors (Lipinski definition) is 0. The Labute approximate surface area is 90.5 Å². The van der Waals surface area contributed by atoms with Crippen molar-refractivity contribution in [3.8, 4) is 0 Å². The van der Waals surface area contributed by atoms with Gasteiger partial charge in [0.1, 0.15) is 12.3 Å². The van der Waals surface area contributed by atoms with Crippen LogP contribution in [0.3, 0.4) is 0 Å². The van der Waals surface area contributed by atoms with Gasteiger partial charge in [0.15, 0.2) is 0 Å². The normalized spacial score (nSPS) is 34.7. The fourth-order valence-corrected chi connectivity index (χ4v) is 2.37. The number of carbonyl (C=O) groups is 1. The molecule has 86 valence electrons. The van der Waals surface area contributed by atoms with Crippen LogP contribution < -0.4 is 0 Å². The summed E-state index contributed by atoms with van der Waals surface area (Å²) >= 11 is 0. The molecular weight excluding hydrogens is 194 g/mol. The van der Waals surface area contributed by atoms with Crippen LogP contribution >= 0.6 is 0 Å². The van der Waals surface area contributed by atoms with Crippen LogP contribution in [0.5, 0.6) is 0 Å². The molecule has 0 aromatic rings. The third kappa shape index (κ3) is 1.88. The van der Waals surface area contributed by atoms with Crippen molar-refractivity contribution in [3.05, 3.63) is 0 Å². The van der Waals surface area contributed by atoms with Crippen molar-refractivity contribution in [2.24, 2.45) is 0 Å². The lowest BCUT2D eigenvalue weighted by Crippen LogP contribution is -2.51. The van der Waals surface area contributed by atoms with Crippen LogP contribution in [0.4, 0.5) is 0 Å². The Bertz CT molecular complexity index is 259. The molecule has 2 atom stereocenters. The van der Waals surface area contributed by atoms with E-state index in [0.29, 0.717) is 13.2 Å². The van der Waals surface area contributed by atoms with Crippen molar-refractivity contribution in [1.29, 1.82) is 0 Å². The molecule has 4 heteroatoms. The summed E-state index contributed by atoms with van der Waals surface area (Å²) in [5, 5.41) is 0. The molecule has 0 aromatic heterocycles. The zero-order valence-electron chi connectivity index (χ0n) is 9.66. The molecule has 0 N–H and O–H groups in total. The van der Waals surface area contributed by atoms with Crippen molar-refractivity contribution in [1.82, 2.24) is 4.90 Å². The predicted molar refractivity (Wildman–Crippen MR) is 55.3 cm³/mol. The predicted octanol–water partition coefficient (Wildman–Crippen LogP) is 1.15. The van der Waals surface area contributed by atoms with E-state index in [2.05, 4.69) is 0 Å². The highest BCUT2D eigenvalue weighted by atomic mass is 16.5. The monoisotopic (exact) mass is 213 g/mol. The fraction of sp³-hybridized carbons (Fsp3) is 0.909. The molecule has 4 nitrogen and oxygen atoms in total. The van der Waals surface area contributed by atoms with Gasteiger partial charge in [-0.1, -0.05) is 0 Å². The van der Waals surface area contributed by atoms with E-state index in [4.69, 9.17) is 9.47 Å². The van der Waals surface area contributed by atoms with E-state index in [9.17, 15) is 4.79 Å². The summed E-state index contributed by atoms with van der Waals surface area (Å²) < 4.78 is 10.9. The lowest BCUT2D eigenvalue weighted by molar-refractivity contribution is -0.149. The first-order valence-electron chi connectivity index (χ1n) is 5.59. The Kier molecular flexibility index (Phi) is 2.73. The van der Waals surface area contributed by atoms with E-state index in [1.54, 1.807) is 0 Å². The van der Waals surface area contributed by atoms with Crippen molar-refractivity contribution in [2.75, 3.05) is 13.2 Å². The van der Waals surface area contributed by atoms with Gasteiger partial charge in [-0.2, -0.15) is 0 Å². The van der Waals surface area contributed by atoms with E-state index >= 15 is 0 Å². The molecule has 2 saturated heterocycles. The van der Waals surface area contributed by atoms with Gasteiger partial charge < -0.3 is 14.4 Å². The Hall–Kier alpha value is -0.610. The number of nitrogens with zero attached hydrogens (tertiary/aromatic N) is 1. The van der Waals surface area contributed by atoms with E-state index < -0.39 is 0 Å². The van der Waals surface area contributed by atoms with Crippen LogP contribution in [-0.2, 0) is 14.3 Å². The first-order chi connectivity index (χ1) is 7.02. The number of ether oxygens (including phenoxy) is 2. The number of amides is 1. The fourth-order valence-electron chi connectivity index (χ4n) is 2.37. The van der Waals surface area contributed by atoms with Gasteiger partial charge in [0.2, 0.25) is 0 Å². The summed E-state index contributed by atoms with van der Waals surface area (Å²) in [5.74, 6) is 0.0856. The largest absolute Gasteiger partial charge is 0.368 e. The summed E-state index contributed by atoms with van der Waals surface area (Å²) in [6.07, 6.45) is 1.46. The molecular formula is C11H19NO3. The smallest absolute Gasteiger partial charge is 0.254 e. The van der Waals surface area contributed by atoms with Crippen LogP contribution in [-0.4, -0.2) is 41.9 Å². The van der Waals surface area contributed by atoms with Gasteiger partial charge in [-0.05, 0) is 33.6 Å². The van der Waals surface area contributed by atoms with E-state index in [1.807, 2.05) is 25.7 Å². The van der Waals surface area contributed by atoms with E-state index in [0.717, 1.165) is 12.8 Å². The van der Waals surface area contributed by atoms with Gasteiger partial charge in [-0.15, -0.1) is 0 Å². The SMILES string of the molecule is CC1OCC(C)(C)N1C(=O)C1CCCO1. The number of rotatable bonds is 1. The molecule has 0 aromatic carbocycles. The maximum absolute atomic E-state index is 12.2. The summed E-state index contributed by atoms with van der Waals surface area (Å²) in [7, 11) is 0. The molecule has 0 radical (unpaired) electrons. The molecule has 2 aliphatic rings. The van der Waals surface area contributed by atoms with Crippen LogP contribution in [0.2, 0.25) is 0 Å². The molecule has 0 aliphatic carbocycles. The van der Waals surface area contributed by atoms with Gasteiger partial charge >= 0.3 is 0 Å². The van der Waals surface area contributed by atoms with Crippen molar-refractivity contribution >= 4 is 5.91 Å². The van der Waals surface area contributed by atoms with E-state index in [1.165, 1.54) is 0 Å². The average Bonchev–Trinajstić information content (AvgIpc) is 2.74. The molecule has 2 aliphatic heterocycles. The Morgan fingerprint density at radius 2 is 2.13 bits per heavy atom.